The van der Waals surface area contributed by atoms with Crippen molar-refractivity contribution >= 4 is 11.0 Å². The van der Waals surface area contributed by atoms with Crippen LogP contribution in [0.25, 0.3) is 11.0 Å². The lowest BCUT2D eigenvalue weighted by Crippen LogP contribution is -1.96. The molecule has 2 aromatic rings. The van der Waals surface area contributed by atoms with Gasteiger partial charge in [0, 0.05) is 12.3 Å². The average molecular weight is 204 g/mol. The summed E-state index contributed by atoms with van der Waals surface area (Å²) >= 11 is 0. The van der Waals surface area contributed by atoms with Crippen molar-refractivity contribution < 1.29 is 4.39 Å². The number of aromatic nitrogens is 2. The Labute approximate surface area is 88.2 Å². The summed E-state index contributed by atoms with van der Waals surface area (Å²) in [4.78, 5) is 8.65. The fourth-order valence-electron chi connectivity index (χ4n) is 1.43. The van der Waals surface area contributed by atoms with Crippen LogP contribution in [-0.2, 0) is 0 Å². The third-order valence-corrected chi connectivity index (χ3v) is 2.43. The minimum atomic E-state index is -0.224. The van der Waals surface area contributed by atoms with Crippen LogP contribution in [0, 0.1) is 12.7 Å². The van der Waals surface area contributed by atoms with Crippen LogP contribution in [0.15, 0.2) is 18.3 Å². The first-order chi connectivity index (χ1) is 7.08. The molecule has 0 N–H and O–H groups in total. The van der Waals surface area contributed by atoms with Gasteiger partial charge in [-0.25, -0.2) is 9.37 Å². The summed E-state index contributed by atoms with van der Waals surface area (Å²) in [5, 5.41) is 0. The zero-order valence-corrected chi connectivity index (χ0v) is 9.08. The molecule has 0 radical (unpaired) electrons. The molecule has 0 amide bonds. The second-order valence-electron chi connectivity index (χ2n) is 4.04. The highest BCUT2D eigenvalue weighted by molar-refractivity contribution is 5.75. The van der Waals surface area contributed by atoms with Crippen LogP contribution >= 0.6 is 0 Å². The third kappa shape index (κ3) is 1.82. The molecule has 0 saturated heterocycles. The summed E-state index contributed by atoms with van der Waals surface area (Å²) in [5.74, 6) is 0.0870. The highest BCUT2D eigenvalue weighted by atomic mass is 19.1. The van der Waals surface area contributed by atoms with E-state index in [1.54, 1.807) is 19.2 Å². The zero-order chi connectivity index (χ0) is 11.0. The molecule has 0 aliphatic heterocycles. The van der Waals surface area contributed by atoms with Crippen LogP contribution in [0.2, 0.25) is 0 Å². The molecule has 0 unspecified atom stereocenters. The number of fused-ring (bicyclic) bond motifs is 1. The van der Waals surface area contributed by atoms with Gasteiger partial charge in [-0.2, -0.15) is 0 Å². The molecule has 1 aromatic heterocycles. The number of hydrogen-bond donors (Lipinski definition) is 0. The lowest BCUT2D eigenvalue weighted by molar-refractivity contribution is 0.620. The van der Waals surface area contributed by atoms with Gasteiger partial charge in [-0.3, -0.25) is 4.98 Å². The summed E-state index contributed by atoms with van der Waals surface area (Å²) in [6, 6.07) is 3.17. The van der Waals surface area contributed by atoms with Gasteiger partial charge in [0.05, 0.1) is 16.7 Å². The van der Waals surface area contributed by atoms with Gasteiger partial charge >= 0.3 is 0 Å². The maximum Gasteiger partial charge on any atom is 0.128 e. The first-order valence-electron chi connectivity index (χ1n) is 5.00. The highest BCUT2D eigenvalue weighted by Gasteiger charge is 2.06. The molecule has 78 valence electrons. The van der Waals surface area contributed by atoms with E-state index in [2.05, 4.69) is 9.97 Å². The molecule has 0 fully saturated rings. The average Bonchev–Trinajstić information content (AvgIpc) is 2.19. The topological polar surface area (TPSA) is 25.8 Å². The molecule has 0 spiro atoms. The molecule has 0 saturated carbocycles. The first kappa shape index (κ1) is 10.0. The lowest BCUT2D eigenvalue weighted by atomic mass is 10.1. The molecule has 3 heteroatoms. The summed E-state index contributed by atoms with van der Waals surface area (Å²) in [7, 11) is 0. The van der Waals surface area contributed by atoms with Gasteiger partial charge in [0.2, 0.25) is 0 Å². The van der Waals surface area contributed by atoms with Crippen molar-refractivity contribution in [1.82, 2.24) is 9.97 Å². The maximum atomic E-state index is 13.3. The van der Waals surface area contributed by atoms with E-state index in [0.29, 0.717) is 17.0 Å². The molecular formula is C12H13FN2. The number of aryl methyl sites for hydroxylation is 1. The highest BCUT2D eigenvalue weighted by Crippen LogP contribution is 2.18. The predicted molar refractivity (Wildman–Crippen MR) is 58.3 cm³/mol. The van der Waals surface area contributed by atoms with Crippen LogP contribution in [0.5, 0.6) is 0 Å². The van der Waals surface area contributed by atoms with E-state index in [0.717, 1.165) is 11.2 Å². The second-order valence-corrected chi connectivity index (χ2v) is 4.04. The fourth-order valence-corrected chi connectivity index (χ4v) is 1.43. The van der Waals surface area contributed by atoms with Crippen LogP contribution in [-0.4, -0.2) is 9.97 Å². The Balaban J connectivity index is 2.66. The summed E-state index contributed by atoms with van der Waals surface area (Å²) < 4.78 is 13.3. The molecule has 15 heavy (non-hydrogen) atoms. The Morgan fingerprint density at radius 1 is 1.20 bits per heavy atom. The van der Waals surface area contributed by atoms with E-state index in [-0.39, 0.29) is 5.82 Å². The van der Waals surface area contributed by atoms with Crippen LogP contribution < -0.4 is 0 Å². The van der Waals surface area contributed by atoms with E-state index in [1.165, 1.54) is 6.07 Å². The maximum absolute atomic E-state index is 13.3. The van der Waals surface area contributed by atoms with Gasteiger partial charge in [-0.15, -0.1) is 0 Å². The van der Waals surface area contributed by atoms with Crippen molar-refractivity contribution in [1.29, 1.82) is 0 Å². The SMILES string of the molecule is Cc1cc2ncc(C(C)C)nc2cc1F. The number of benzene rings is 1. The first-order valence-corrected chi connectivity index (χ1v) is 5.00. The van der Waals surface area contributed by atoms with Gasteiger partial charge in [0.25, 0.3) is 0 Å². The molecule has 1 aromatic carbocycles. The molecule has 1 heterocycles. The molecule has 2 nitrogen and oxygen atoms in total. The van der Waals surface area contributed by atoms with Gasteiger partial charge in [-0.1, -0.05) is 13.8 Å². The second kappa shape index (κ2) is 3.57. The number of nitrogens with zero attached hydrogens (tertiary/aromatic N) is 2. The minimum absolute atomic E-state index is 0.224. The van der Waals surface area contributed by atoms with Gasteiger partial charge in [-0.05, 0) is 24.5 Å². The largest absolute Gasteiger partial charge is 0.253 e. The summed E-state index contributed by atoms with van der Waals surface area (Å²) in [5.41, 5.74) is 2.88. The molecular weight excluding hydrogens is 191 g/mol. The Morgan fingerprint density at radius 3 is 2.60 bits per heavy atom. The smallest absolute Gasteiger partial charge is 0.128 e. The van der Waals surface area contributed by atoms with Crippen LogP contribution in [0.3, 0.4) is 0 Å². The van der Waals surface area contributed by atoms with E-state index >= 15 is 0 Å². The number of rotatable bonds is 1. The monoisotopic (exact) mass is 204 g/mol. The Bertz CT molecular complexity index is 506. The Hall–Kier alpha value is -1.51. The number of hydrogen-bond acceptors (Lipinski definition) is 2. The van der Waals surface area contributed by atoms with Crippen molar-refractivity contribution in [3.05, 3.63) is 35.4 Å². The van der Waals surface area contributed by atoms with E-state index in [4.69, 9.17) is 0 Å². The third-order valence-electron chi connectivity index (χ3n) is 2.43. The molecule has 0 bridgehead atoms. The van der Waals surface area contributed by atoms with Crippen LogP contribution in [0.4, 0.5) is 4.39 Å². The van der Waals surface area contributed by atoms with Crippen LogP contribution in [0.1, 0.15) is 31.0 Å². The van der Waals surface area contributed by atoms with Crippen molar-refractivity contribution in [2.45, 2.75) is 26.7 Å². The van der Waals surface area contributed by atoms with Crippen molar-refractivity contribution in [2.24, 2.45) is 0 Å². The molecule has 0 aliphatic rings. The molecule has 0 atom stereocenters. The van der Waals surface area contributed by atoms with E-state index < -0.39 is 0 Å². The van der Waals surface area contributed by atoms with E-state index in [9.17, 15) is 4.39 Å². The standard InChI is InChI=1S/C12H13FN2/c1-7(2)12-6-14-10-4-8(3)9(13)5-11(10)15-12/h4-7H,1-3H3. The normalized spacial score (nSPS) is 11.3. The van der Waals surface area contributed by atoms with Gasteiger partial charge in [0.1, 0.15) is 5.82 Å². The molecule has 0 aliphatic carbocycles. The zero-order valence-electron chi connectivity index (χ0n) is 9.08. The fraction of sp³-hybridized carbons (Fsp3) is 0.333. The summed E-state index contributed by atoms with van der Waals surface area (Å²) in [6.07, 6.45) is 1.75. The van der Waals surface area contributed by atoms with Crippen molar-refractivity contribution in [2.75, 3.05) is 0 Å². The van der Waals surface area contributed by atoms with Gasteiger partial charge < -0.3 is 0 Å². The molecule has 2 rings (SSSR count). The van der Waals surface area contributed by atoms with Crippen molar-refractivity contribution in [3.63, 3.8) is 0 Å². The minimum Gasteiger partial charge on any atom is -0.253 e. The Kier molecular flexibility index (Phi) is 2.39. The van der Waals surface area contributed by atoms with Crippen molar-refractivity contribution in [3.8, 4) is 0 Å². The van der Waals surface area contributed by atoms with Gasteiger partial charge in [0.15, 0.2) is 0 Å². The lowest BCUT2D eigenvalue weighted by Gasteiger charge is -2.05. The van der Waals surface area contributed by atoms with E-state index in [1.807, 2.05) is 13.8 Å². The summed E-state index contributed by atoms with van der Waals surface area (Å²) in [6.45, 7) is 5.81. The predicted octanol–water partition coefficient (Wildman–Crippen LogP) is 3.20. The number of halogens is 1. The quantitative estimate of drug-likeness (QED) is 0.712. The Morgan fingerprint density at radius 2 is 1.93 bits per heavy atom.